The van der Waals surface area contributed by atoms with Crippen LogP contribution in [0.3, 0.4) is 0 Å². The number of carbonyl (C=O) groups is 1. The highest BCUT2D eigenvalue weighted by Crippen LogP contribution is 2.28. The minimum atomic E-state index is 0.152. The van der Waals surface area contributed by atoms with Crippen LogP contribution >= 0.6 is 23.5 Å². The number of amides is 1. The lowest BCUT2D eigenvalue weighted by Crippen LogP contribution is -2.40. The van der Waals surface area contributed by atoms with Gasteiger partial charge in [0.05, 0.1) is 5.75 Å². The standard InChI is InChI=1S/C15H22N2OS2/c1-2-19-14-5-3-4-12(10-14)17-15(18)11-20-13-6-8-16-9-7-13/h6-9,12,14H,2-5,10-11H2,1H3,(H,17,18)/t12-,14-/m0/s1. The van der Waals surface area contributed by atoms with Gasteiger partial charge in [-0.1, -0.05) is 13.3 Å². The predicted octanol–water partition coefficient (Wildman–Crippen LogP) is 3.35. The average Bonchev–Trinajstić information content (AvgIpc) is 2.47. The quantitative estimate of drug-likeness (QED) is 0.818. The van der Waals surface area contributed by atoms with E-state index in [9.17, 15) is 4.79 Å². The van der Waals surface area contributed by atoms with Crippen LogP contribution in [0.1, 0.15) is 32.6 Å². The Morgan fingerprint density at radius 2 is 2.20 bits per heavy atom. The average molecular weight is 310 g/mol. The molecule has 0 saturated heterocycles. The zero-order valence-corrected chi connectivity index (χ0v) is 13.5. The molecule has 1 heterocycles. The Balaban J connectivity index is 1.71. The third kappa shape index (κ3) is 5.37. The minimum absolute atomic E-state index is 0.152. The first-order valence-corrected chi connectivity index (χ1v) is 9.25. The number of pyridine rings is 1. The van der Waals surface area contributed by atoms with E-state index in [1.54, 1.807) is 24.2 Å². The van der Waals surface area contributed by atoms with Crippen molar-refractivity contribution in [2.24, 2.45) is 0 Å². The normalized spacial score (nSPS) is 22.4. The molecule has 1 aromatic rings. The first kappa shape index (κ1) is 15.7. The van der Waals surface area contributed by atoms with E-state index in [0.717, 1.165) is 23.0 Å². The van der Waals surface area contributed by atoms with E-state index in [4.69, 9.17) is 0 Å². The summed E-state index contributed by atoms with van der Waals surface area (Å²) < 4.78 is 0. The molecule has 0 unspecified atom stereocenters. The summed E-state index contributed by atoms with van der Waals surface area (Å²) in [6.45, 7) is 2.21. The second kappa shape index (κ2) is 8.57. The summed E-state index contributed by atoms with van der Waals surface area (Å²) in [6.07, 6.45) is 8.31. The van der Waals surface area contributed by atoms with Crippen LogP contribution in [-0.4, -0.2) is 33.7 Å². The second-order valence-electron chi connectivity index (χ2n) is 4.98. The Morgan fingerprint density at radius 1 is 1.40 bits per heavy atom. The van der Waals surface area contributed by atoms with Crippen molar-refractivity contribution in [1.29, 1.82) is 0 Å². The predicted molar refractivity (Wildman–Crippen MR) is 87.3 cm³/mol. The van der Waals surface area contributed by atoms with Crippen LogP contribution in [-0.2, 0) is 4.79 Å². The van der Waals surface area contributed by atoms with Crippen LogP contribution < -0.4 is 5.32 Å². The third-order valence-electron chi connectivity index (χ3n) is 3.41. The summed E-state index contributed by atoms with van der Waals surface area (Å²) in [5.41, 5.74) is 0. The van der Waals surface area contributed by atoms with Crippen LogP contribution in [0.5, 0.6) is 0 Å². The number of rotatable bonds is 6. The summed E-state index contributed by atoms with van der Waals surface area (Å²) in [6, 6.07) is 4.25. The van der Waals surface area contributed by atoms with Crippen LogP contribution in [0.4, 0.5) is 0 Å². The van der Waals surface area contributed by atoms with Crippen LogP contribution in [0.2, 0.25) is 0 Å². The fourth-order valence-corrected chi connectivity index (χ4v) is 4.38. The summed E-state index contributed by atoms with van der Waals surface area (Å²) in [7, 11) is 0. The highest BCUT2D eigenvalue weighted by atomic mass is 32.2. The van der Waals surface area contributed by atoms with Gasteiger partial charge in [0, 0.05) is 28.6 Å². The number of aromatic nitrogens is 1. The molecule has 1 saturated carbocycles. The molecule has 3 nitrogen and oxygen atoms in total. The van der Waals surface area contributed by atoms with E-state index in [1.165, 1.54) is 18.6 Å². The Morgan fingerprint density at radius 3 is 2.95 bits per heavy atom. The van der Waals surface area contributed by atoms with Crippen LogP contribution in [0.15, 0.2) is 29.4 Å². The minimum Gasteiger partial charge on any atom is -0.353 e. The van der Waals surface area contributed by atoms with Gasteiger partial charge in [0.2, 0.25) is 5.91 Å². The van der Waals surface area contributed by atoms with Crippen molar-refractivity contribution in [3.8, 4) is 0 Å². The highest BCUT2D eigenvalue weighted by molar-refractivity contribution is 8.00. The molecular weight excluding hydrogens is 288 g/mol. The van der Waals surface area contributed by atoms with Crippen molar-refractivity contribution in [3.05, 3.63) is 24.5 Å². The van der Waals surface area contributed by atoms with Gasteiger partial charge in [-0.3, -0.25) is 9.78 Å². The van der Waals surface area contributed by atoms with Gasteiger partial charge in [-0.05, 0) is 37.1 Å². The second-order valence-corrected chi connectivity index (χ2v) is 7.61. The summed E-state index contributed by atoms with van der Waals surface area (Å²) in [4.78, 5) is 17.1. The maximum absolute atomic E-state index is 12.0. The molecule has 1 aromatic heterocycles. The fourth-order valence-electron chi connectivity index (χ4n) is 2.52. The van der Waals surface area contributed by atoms with Crippen molar-refractivity contribution in [2.45, 2.75) is 48.8 Å². The largest absolute Gasteiger partial charge is 0.353 e. The summed E-state index contributed by atoms with van der Waals surface area (Å²) in [5, 5.41) is 3.92. The zero-order valence-electron chi connectivity index (χ0n) is 11.9. The molecule has 2 rings (SSSR count). The summed E-state index contributed by atoms with van der Waals surface area (Å²) >= 11 is 3.60. The van der Waals surface area contributed by atoms with E-state index in [2.05, 4.69) is 17.2 Å². The molecule has 0 aliphatic heterocycles. The van der Waals surface area contributed by atoms with Crippen LogP contribution in [0, 0.1) is 0 Å². The molecule has 5 heteroatoms. The lowest BCUT2D eigenvalue weighted by molar-refractivity contribution is -0.119. The topological polar surface area (TPSA) is 42.0 Å². The van der Waals surface area contributed by atoms with Gasteiger partial charge in [0.1, 0.15) is 0 Å². The van der Waals surface area contributed by atoms with Gasteiger partial charge in [0.25, 0.3) is 0 Å². The van der Waals surface area contributed by atoms with E-state index >= 15 is 0 Å². The Labute approximate surface area is 129 Å². The molecule has 0 bridgehead atoms. The Kier molecular flexibility index (Phi) is 6.73. The van der Waals surface area contributed by atoms with E-state index in [0.29, 0.717) is 11.8 Å². The molecular formula is C15H22N2OS2. The van der Waals surface area contributed by atoms with E-state index in [-0.39, 0.29) is 5.91 Å². The molecule has 1 aliphatic carbocycles. The molecule has 110 valence electrons. The molecule has 1 fully saturated rings. The van der Waals surface area contributed by atoms with Gasteiger partial charge in [-0.25, -0.2) is 0 Å². The lowest BCUT2D eigenvalue weighted by Gasteiger charge is -2.29. The van der Waals surface area contributed by atoms with Crippen molar-refractivity contribution in [1.82, 2.24) is 10.3 Å². The molecule has 2 atom stereocenters. The number of carbonyl (C=O) groups excluding carboxylic acids is 1. The first-order valence-electron chi connectivity index (χ1n) is 7.21. The molecule has 1 amide bonds. The van der Waals surface area contributed by atoms with E-state index in [1.807, 2.05) is 23.9 Å². The Bertz CT molecular complexity index is 412. The van der Waals surface area contributed by atoms with Gasteiger partial charge in [-0.2, -0.15) is 11.8 Å². The molecule has 0 spiro atoms. The van der Waals surface area contributed by atoms with Gasteiger partial charge < -0.3 is 5.32 Å². The zero-order chi connectivity index (χ0) is 14.2. The number of nitrogens with zero attached hydrogens (tertiary/aromatic N) is 1. The van der Waals surface area contributed by atoms with Gasteiger partial charge >= 0.3 is 0 Å². The summed E-state index contributed by atoms with van der Waals surface area (Å²) in [5.74, 6) is 1.81. The number of nitrogens with one attached hydrogen (secondary N) is 1. The van der Waals surface area contributed by atoms with Crippen LogP contribution in [0.25, 0.3) is 0 Å². The first-order chi connectivity index (χ1) is 9.78. The van der Waals surface area contributed by atoms with E-state index < -0.39 is 0 Å². The maximum atomic E-state index is 12.0. The molecule has 1 N–H and O–H groups in total. The third-order valence-corrected chi connectivity index (χ3v) is 5.66. The maximum Gasteiger partial charge on any atom is 0.230 e. The molecule has 0 radical (unpaired) electrons. The molecule has 1 aliphatic rings. The molecule has 0 aromatic carbocycles. The number of hydrogen-bond acceptors (Lipinski definition) is 4. The van der Waals surface area contributed by atoms with Crippen molar-refractivity contribution < 1.29 is 4.79 Å². The van der Waals surface area contributed by atoms with Crippen molar-refractivity contribution in [2.75, 3.05) is 11.5 Å². The highest BCUT2D eigenvalue weighted by Gasteiger charge is 2.22. The smallest absolute Gasteiger partial charge is 0.230 e. The number of hydrogen-bond donors (Lipinski definition) is 1. The number of thioether (sulfide) groups is 2. The monoisotopic (exact) mass is 310 g/mol. The van der Waals surface area contributed by atoms with Crippen molar-refractivity contribution >= 4 is 29.4 Å². The van der Waals surface area contributed by atoms with Gasteiger partial charge in [-0.15, -0.1) is 11.8 Å². The molecule has 20 heavy (non-hydrogen) atoms. The van der Waals surface area contributed by atoms with Gasteiger partial charge in [0.15, 0.2) is 0 Å². The SMILES string of the molecule is CCS[C@H]1CCC[C@H](NC(=O)CSc2ccncc2)C1. The van der Waals surface area contributed by atoms with Crippen molar-refractivity contribution in [3.63, 3.8) is 0 Å². The Hall–Kier alpha value is -0.680. The fraction of sp³-hybridized carbons (Fsp3) is 0.600. The lowest BCUT2D eigenvalue weighted by atomic mass is 9.95.